The minimum atomic E-state index is -1.96. The van der Waals surface area contributed by atoms with Gasteiger partial charge < -0.3 is 11.1 Å². The zero-order valence-corrected chi connectivity index (χ0v) is 15.8. The number of carbonyl (C=O) groups excluding carboxylic acids is 1. The first-order chi connectivity index (χ1) is 13.0. The largest absolute Gasteiger partial charge is 0.399 e. The molecule has 132 valence electrons. The van der Waals surface area contributed by atoms with E-state index in [1.807, 2.05) is 18.2 Å². The van der Waals surface area contributed by atoms with E-state index in [4.69, 9.17) is 5.73 Å². The van der Waals surface area contributed by atoms with Crippen molar-refractivity contribution < 1.29 is 4.79 Å². The summed E-state index contributed by atoms with van der Waals surface area (Å²) in [4.78, 5) is 13.4. The van der Waals surface area contributed by atoms with Crippen LogP contribution in [0, 0.1) is 45.3 Å². The molecule has 1 spiro atoms. The maximum atomic E-state index is 13.4. The van der Waals surface area contributed by atoms with E-state index in [9.17, 15) is 20.6 Å². The first-order valence-electron chi connectivity index (χ1n) is 8.52. The Balaban J connectivity index is 2.21. The lowest BCUT2D eigenvalue weighted by Crippen LogP contribution is -2.60. The molecule has 1 aromatic carbocycles. The summed E-state index contributed by atoms with van der Waals surface area (Å²) in [6.45, 7) is 0. The standard InChI is InChI=1S/C20H14BrN5O/c21-11-5-6-16-15(7-11)20(18(27)26-16)14-4-2-1-3-12(14)13(8-22)17(25)19(20,9-23)10-24/h3,5-7,14H,1-2,4,25H2,(H,26,27)/t14-,20-/m0/s1. The quantitative estimate of drug-likeness (QED) is 0.667. The number of anilines is 1. The number of hydrogen-bond donors (Lipinski definition) is 2. The molecular weight excluding hydrogens is 406 g/mol. The summed E-state index contributed by atoms with van der Waals surface area (Å²) in [7, 11) is 0. The topological polar surface area (TPSA) is 126 Å². The maximum absolute atomic E-state index is 13.4. The number of carbonyl (C=O) groups is 1. The van der Waals surface area contributed by atoms with Crippen LogP contribution in [0.3, 0.4) is 0 Å². The van der Waals surface area contributed by atoms with Gasteiger partial charge in [0.1, 0.15) is 11.5 Å². The molecule has 0 fully saturated rings. The lowest BCUT2D eigenvalue weighted by Gasteiger charge is -2.49. The first kappa shape index (κ1) is 17.3. The summed E-state index contributed by atoms with van der Waals surface area (Å²) in [5.74, 6) is -0.889. The molecule has 2 aliphatic carbocycles. The van der Waals surface area contributed by atoms with Crippen molar-refractivity contribution in [2.45, 2.75) is 24.7 Å². The van der Waals surface area contributed by atoms with Crippen LogP contribution >= 0.6 is 15.9 Å². The van der Waals surface area contributed by atoms with Gasteiger partial charge in [-0.1, -0.05) is 22.0 Å². The molecule has 1 aromatic rings. The van der Waals surface area contributed by atoms with Gasteiger partial charge in [-0.2, -0.15) is 15.8 Å². The number of hydrogen-bond acceptors (Lipinski definition) is 5. The molecule has 0 saturated carbocycles. The van der Waals surface area contributed by atoms with Crippen molar-refractivity contribution in [1.29, 1.82) is 15.8 Å². The third kappa shape index (κ3) is 1.84. The van der Waals surface area contributed by atoms with E-state index in [0.717, 1.165) is 17.3 Å². The smallest absolute Gasteiger partial charge is 0.238 e. The van der Waals surface area contributed by atoms with Crippen molar-refractivity contribution >= 4 is 27.5 Å². The molecule has 3 aliphatic rings. The van der Waals surface area contributed by atoms with Crippen LogP contribution in [0.5, 0.6) is 0 Å². The molecule has 27 heavy (non-hydrogen) atoms. The minimum Gasteiger partial charge on any atom is -0.399 e. The van der Waals surface area contributed by atoms with Gasteiger partial charge >= 0.3 is 0 Å². The van der Waals surface area contributed by atoms with Crippen LogP contribution in [0.25, 0.3) is 0 Å². The van der Waals surface area contributed by atoms with E-state index in [-0.39, 0.29) is 11.3 Å². The molecule has 0 bridgehead atoms. The number of nitrogens with zero attached hydrogens (tertiary/aromatic N) is 3. The molecule has 6 nitrogen and oxygen atoms in total. The summed E-state index contributed by atoms with van der Waals surface area (Å²) in [6, 6.07) is 11.5. The highest BCUT2D eigenvalue weighted by Crippen LogP contribution is 2.63. The predicted molar refractivity (Wildman–Crippen MR) is 100 cm³/mol. The van der Waals surface area contributed by atoms with Crippen LogP contribution in [0.2, 0.25) is 0 Å². The Bertz CT molecular complexity index is 1070. The van der Waals surface area contributed by atoms with Gasteiger partial charge in [0.2, 0.25) is 11.3 Å². The summed E-state index contributed by atoms with van der Waals surface area (Å²) < 4.78 is 0.733. The summed E-state index contributed by atoms with van der Waals surface area (Å²) in [5, 5.41) is 32.8. The van der Waals surface area contributed by atoms with Gasteiger partial charge in [-0.3, -0.25) is 4.79 Å². The SMILES string of the molecule is N#CC1=C(N)C(C#N)(C#N)[C@@]2(C(=O)Nc3ccc(Br)cc32)[C@H]2CCCC=C12. The molecule has 0 aromatic heterocycles. The lowest BCUT2D eigenvalue weighted by molar-refractivity contribution is -0.125. The van der Waals surface area contributed by atoms with Gasteiger partial charge in [-0.05, 0) is 48.6 Å². The number of amides is 1. The van der Waals surface area contributed by atoms with Crippen LogP contribution < -0.4 is 11.1 Å². The van der Waals surface area contributed by atoms with Crippen molar-refractivity contribution in [1.82, 2.24) is 0 Å². The van der Waals surface area contributed by atoms with Crippen LogP contribution in [-0.2, 0) is 10.2 Å². The monoisotopic (exact) mass is 419 g/mol. The fraction of sp³-hybridized carbons (Fsp3) is 0.300. The van der Waals surface area contributed by atoms with Gasteiger partial charge in [0.25, 0.3) is 0 Å². The highest BCUT2D eigenvalue weighted by Gasteiger charge is 2.70. The van der Waals surface area contributed by atoms with Crippen molar-refractivity contribution in [3.05, 3.63) is 51.2 Å². The number of nitriles is 3. The van der Waals surface area contributed by atoms with E-state index < -0.39 is 22.7 Å². The molecule has 2 atom stereocenters. The Hall–Kier alpha value is -3.08. The number of rotatable bonds is 0. The first-order valence-corrected chi connectivity index (χ1v) is 9.32. The van der Waals surface area contributed by atoms with Gasteiger partial charge in [0.15, 0.2) is 0 Å². The summed E-state index contributed by atoms with van der Waals surface area (Å²) in [6.07, 6.45) is 4.08. The Morgan fingerprint density at radius 1 is 1.26 bits per heavy atom. The zero-order chi connectivity index (χ0) is 19.4. The van der Waals surface area contributed by atoms with Crippen molar-refractivity contribution in [3.8, 4) is 18.2 Å². The number of halogens is 1. The number of benzene rings is 1. The highest BCUT2D eigenvalue weighted by atomic mass is 79.9. The molecule has 1 amide bonds. The second-order valence-electron chi connectivity index (χ2n) is 6.97. The molecule has 1 heterocycles. The van der Waals surface area contributed by atoms with E-state index in [2.05, 4.69) is 27.3 Å². The number of fused-ring (bicyclic) bond motifs is 4. The fourth-order valence-corrected chi connectivity index (χ4v) is 5.24. The average Bonchev–Trinajstić information content (AvgIpc) is 2.96. The van der Waals surface area contributed by atoms with E-state index in [1.165, 1.54) is 0 Å². The zero-order valence-electron chi connectivity index (χ0n) is 14.2. The van der Waals surface area contributed by atoms with Crippen molar-refractivity contribution in [3.63, 3.8) is 0 Å². The van der Waals surface area contributed by atoms with Crippen LogP contribution in [0.4, 0.5) is 5.69 Å². The second kappa shape index (κ2) is 5.71. The Kier molecular flexibility index (Phi) is 3.67. The van der Waals surface area contributed by atoms with Crippen molar-refractivity contribution in [2.24, 2.45) is 17.1 Å². The minimum absolute atomic E-state index is 0.137. The molecule has 7 heteroatoms. The molecule has 0 saturated heterocycles. The molecular formula is C20H14BrN5O. The Morgan fingerprint density at radius 2 is 2.00 bits per heavy atom. The third-order valence-electron chi connectivity index (χ3n) is 5.97. The van der Waals surface area contributed by atoms with Crippen LogP contribution in [0.15, 0.2) is 45.6 Å². The average molecular weight is 420 g/mol. The molecule has 0 radical (unpaired) electrons. The lowest BCUT2D eigenvalue weighted by atomic mass is 9.47. The summed E-state index contributed by atoms with van der Waals surface area (Å²) in [5.41, 5.74) is 4.66. The number of nitrogens with two attached hydrogens (primary N) is 1. The van der Waals surface area contributed by atoms with Crippen LogP contribution in [0.1, 0.15) is 24.8 Å². The molecule has 3 N–H and O–H groups in total. The molecule has 0 unspecified atom stereocenters. The second-order valence-corrected chi connectivity index (χ2v) is 7.88. The van der Waals surface area contributed by atoms with Gasteiger partial charge in [-0.25, -0.2) is 0 Å². The molecule has 1 aliphatic heterocycles. The van der Waals surface area contributed by atoms with E-state index in [0.29, 0.717) is 23.2 Å². The van der Waals surface area contributed by atoms with Crippen molar-refractivity contribution in [2.75, 3.05) is 5.32 Å². The van der Waals surface area contributed by atoms with Crippen LogP contribution in [-0.4, -0.2) is 5.91 Å². The van der Waals surface area contributed by atoms with E-state index >= 15 is 0 Å². The van der Waals surface area contributed by atoms with Gasteiger partial charge in [0, 0.05) is 16.1 Å². The fourth-order valence-electron chi connectivity index (χ4n) is 4.88. The number of allylic oxidation sites excluding steroid dienone is 4. The Labute approximate surface area is 164 Å². The third-order valence-corrected chi connectivity index (χ3v) is 6.47. The van der Waals surface area contributed by atoms with Gasteiger partial charge in [0.05, 0.1) is 23.4 Å². The number of nitrogens with one attached hydrogen (secondary N) is 1. The Morgan fingerprint density at radius 3 is 2.67 bits per heavy atom. The van der Waals surface area contributed by atoms with E-state index in [1.54, 1.807) is 18.2 Å². The van der Waals surface area contributed by atoms with Gasteiger partial charge in [-0.15, -0.1) is 0 Å². The predicted octanol–water partition coefficient (Wildman–Crippen LogP) is 3.15. The molecule has 4 rings (SSSR count). The maximum Gasteiger partial charge on any atom is 0.238 e. The normalized spacial score (nSPS) is 27.6. The highest BCUT2D eigenvalue weighted by molar-refractivity contribution is 9.10. The summed E-state index contributed by atoms with van der Waals surface area (Å²) >= 11 is 3.43.